The lowest BCUT2D eigenvalue weighted by Crippen LogP contribution is -2.49. The van der Waals surface area contributed by atoms with Crippen molar-refractivity contribution in [2.45, 2.75) is 13.1 Å². The molecule has 0 aliphatic heterocycles. The van der Waals surface area contributed by atoms with Gasteiger partial charge in [-0.25, -0.2) is 14.8 Å². The standard InChI is InChI=1S/C26H31N7O3/c1-6-36-25(34)24(28-2)33(4)22-14-23(35-5)20(13-18(22)27)31-26-29-12-11-19(30-26)17-15-32(3)21-10-8-7-9-16(17)21/h7-15,24,28H,6,27H2,1-5H3,(H,29,30,31). The number of esters is 1. The molecule has 0 bridgehead atoms. The first-order valence-electron chi connectivity index (χ1n) is 11.6. The third kappa shape index (κ3) is 4.76. The van der Waals surface area contributed by atoms with Crippen molar-refractivity contribution < 1.29 is 14.3 Å². The number of para-hydroxylation sites is 1. The van der Waals surface area contributed by atoms with Gasteiger partial charge >= 0.3 is 5.97 Å². The lowest BCUT2D eigenvalue weighted by molar-refractivity contribution is -0.145. The Morgan fingerprint density at radius 3 is 2.75 bits per heavy atom. The van der Waals surface area contributed by atoms with E-state index < -0.39 is 12.1 Å². The second-order valence-electron chi connectivity index (χ2n) is 8.23. The topological polar surface area (TPSA) is 120 Å². The van der Waals surface area contributed by atoms with Crippen molar-refractivity contribution in [1.82, 2.24) is 19.9 Å². The minimum Gasteiger partial charge on any atom is -0.494 e. The second-order valence-corrected chi connectivity index (χ2v) is 8.23. The van der Waals surface area contributed by atoms with Gasteiger partial charge in [0.2, 0.25) is 5.95 Å². The SMILES string of the molecule is CCOC(=O)C(NC)N(C)c1cc(OC)c(Nc2nccc(-c3cn(C)c4ccccc34)n2)cc1N. The molecule has 0 aliphatic carbocycles. The molecule has 10 nitrogen and oxygen atoms in total. The minimum absolute atomic E-state index is 0.282. The fourth-order valence-corrected chi connectivity index (χ4v) is 4.22. The summed E-state index contributed by atoms with van der Waals surface area (Å²) in [5.74, 6) is 0.518. The number of carbonyl (C=O) groups excluding carboxylic acids is 1. The van der Waals surface area contributed by atoms with Crippen molar-refractivity contribution in [2.24, 2.45) is 7.05 Å². The maximum Gasteiger partial charge on any atom is 0.343 e. The molecular formula is C26H31N7O3. The third-order valence-electron chi connectivity index (χ3n) is 5.97. The molecule has 0 spiro atoms. The molecule has 0 fully saturated rings. The van der Waals surface area contributed by atoms with Gasteiger partial charge in [0.1, 0.15) is 5.75 Å². The van der Waals surface area contributed by atoms with E-state index in [0.29, 0.717) is 28.8 Å². The molecule has 4 aromatic rings. The quantitative estimate of drug-likeness (QED) is 0.184. The van der Waals surface area contributed by atoms with Crippen molar-refractivity contribution >= 4 is 39.9 Å². The van der Waals surface area contributed by atoms with E-state index in [2.05, 4.69) is 38.5 Å². The number of hydrogen-bond acceptors (Lipinski definition) is 9. The fraction of sp³-hybridized carbons (Fsp3) is 0.269. The number of ether oxygens (including phenoxy) is 2. The number of fused-ring (bicyclic) bond motifs is 1. The Labute approximate surface area is 210 Å². The van der Waals surface area contributed by atoms with Crippen LogP contribution >= 0.6 is 0 Å². The van der Waals surface area contributed by atoms with Crippen molar-refractivity contribution in [3.63, 3.8) is 0 Å². The van der Waals surface area contributed by atoms with E-state index in [1.54, 1.807) is 51.4 Å². The van der Waals surface area contributed by atoms with Gasteiger partial charge in [0, 0.05) is 49.0 Å². The zero-order valence-corrected chi connectivity index (χ0v) is 21.1. The number of benzene rings is 2. The molecule has 0 saturated carbocycles. The Balaban J connectivity index is 1.65. The van der Waals surface area contributed by atoms with Gasteiger partial charge < -0.3 is 30.0 Å². The summed E-state index contributed by atoms with van der Waals surface area (Å²) in [5.41, 5.74) is 11.0. The molecule has 0 saturated heterocycles. The summed E-state index contributed by atoms with van der Waals surface area (Å²) in [4.78, 5) is 23.2. The number of aromatic nitrogens is 3. The first-order valence-corrected chi connectivity index (χ1v) is 11.6. The fourth-order valence-electron chi connectivity index (χ4n) is 4.22. The van der Waals surface area contributed by atoms with E-state index in [0.717, 1.165) is 22.2 Å². The number of aryl methyl sites for hydroxylation is 1. The molecule has 188 valence electrons. The van der Waals surface area contributed by atoms with Crippen molar-refractivity contribution in [2.75, 3.05) is 43.8 Å². The molecule has 1 unspecified atom stereocenters. The third-order valence-corrected chi connectivity index (χ3v) is 5.97. The number of anilines is 4. The zero-order chi connectivity index (χ0) is 25.8. The molecule has 4 N–H and O–H groups in total. The molecule has 10 heteroatoms. The average Bonchev–Trinajstić information content (AvgIpc) is 3.21. The van der Waals surface area contributed by atoms with Gasteiger partial charge in [0.15, 0.2) is 6.17 Å². The average molecular weight is 490 g/mol. The van der Waals surface area contributed by atoms with Crippen LogP contribution in [-0.4, -0.2) is 54.5 Å². The maximum atomic E-state index is 12.4. The highest BCUT2D eigenvalue weighted by Gasteiger charge is 2.25. The van der Waals surface area contributed by atoms with E-state index in [1.165, 1.54) is 0 Å². The monoisotopic (exact) mass is 489 g/mol. The summed E-state index contributed by atoms with van der Waals surface area (Å²) in [6.07, 6.45) is 3.06. The van der Waals surface area contributed by atoms with Gasteiger partial charge in [0.25, 0.3) is 0 Å². The van der Waals surface area contributed by atoms with Gasteiger partial charge in [-0.1, -0.05) is 18.2 Å². The van der Waals surface area contributed by atoms with Crippen LogP contribution in [0.2, 0.25) is 0 Å². The first-order chi connectivity index (χ1) is 17.4. The Hall–Kier alpha value is -4.31. The highest BCUT2D eigenvalue weighted by Crippen LogP contribution is 2.37. The molecule has 0 radical (unpaired) electrons. The molecule has 1 atom stereocenters. The van der Waals surface area contributed by atoms with Crippen LogP contribution in [0.1, 0.15) is 6.92 Å². The van der Waals surface area contributed by atoms with Crippen LogP contribution in [-0.2, 0) is 16.6 Å². The molecule has 2 aromatic heterocycles. The number of likely N-dealkylation sites (N-methyl/N-ethyl adjacent to an activating group) is 2. The molecule has 2 heterocycles. The number of methoxy groups -OCH3 is 1. The number of hydrogen-bond donors (Lipinski definition) is 3. The Morgan fingerprint density at radius 2 is 2.03 bits per heavy atom. The predicted octanol–water partition coefficient (Wildman–Crippen LogP) is 3.51. The van der Waals surface area contributed by atoms with Crippen LogP contribution in [0.5, 0.6) is 5.75 Å². The molecule has 4 rings (SSSR count). The number of nitrogens with one attached hydrogen (secondary N) is 2. The molecule has 36 heavy (non-hydrogen) atoms. The smallest absolute Gasteiger partial charge is 0.343 e. The highest BCUT2D eigenvalue weighted by atomic mass is 16.5. The highest BCUT2D eigenvalue weighted by molar-refractivity contribution is 5.95. The Kier molecular flexibility index (Phi) is 7.25. The number of nitrogen functional groups attached to an aromatic ring is 1. The van der Waals surface area contributed by atoms with E-state index in [9.17, 15) is 4.79 Å². The number of rotatable bonds is 9. The van der Waals surface area contributed by atoms with Gasteiger partial charge in [-0.15, -0.1) is 0 Å². The van der Waals surface area contributed by atoms with E-state index in [4.69, 9.17) is 20.2 Å². The zero-order valence-electron chi connectivity index (χ0n) is 21.1. The van der Waals surface area contributed by atoms with Crippen molar-refractivity contribution in [3.05, 3.63) is 54.9 Å². The van der Waals surface area contributed by atoms with Crippen LogP contribution in [0.25, 0.3) is 22.2 Å². The maximum absolute atomic E-state index is 12.4. The van der Waals surface area contributed by atoms with Crippen LogP contribution in [0.4, 0.5) is 23.0 Å². The van der Waals surface area contributed by atoms with Crippen LogP contribution in [0, 0.1) is 0 Å². The molecule has 2 aromatic carbocycles. The lowest BCUT2D eigenvalue weighted by Gasteiger charge is -2.29. The Morgan fingerprint density at radius 1 is 1.25 bits per heavy atom. The van der Waals surface area contributed by atoms with Crippen molar-refractivity contribution in [1.29, 1.82) is 0 Å². The largest absolute Gasteiger partial charge is 0.494 e. The summed E-state index contributed by atoms with van der Waals surface area (Å²) in [6.45, 7) is 2.05. The predicted molar refractivity (Wildman–Crippen MR) is 143 cm³/mol. The summed E-state index contributed by atoms with van der Waals surface area (Å²) >= 11 is 0. The van der Waals surface area contributed by atoms with Gasteiger partial charge in [-0.05, 0) is 32.2 Å². The van der Waals surface area contributed by atoms with E-state index >= 15 is 0 Å². The first kappa shape index (κ1) is 24.8. The van der Waals surface area contributed by atoms with Gasteiger partial charge in [-0.3, -0.25) is 5.32 Å². The van der Waals surface area contributed by atoms with Gasteiger partial charge in [-0.2, -0.15) is 0 Å². The van der Waals surface area contributed by atoms with Crippen LogP contribution < -0.4 is 26.0 Å². The minimum atomic E-state index is -0.712. The molecular weight excluding hydrogens is 458 g/mol. The molecule has 0 amide bonds. The molecule has 0 aliphatic rings. The summed E-state index contributed by atoms with van der Waals surface area (Å²) in [5, 5.41) is 7.29. The van der Waals surface area contributed by atoms with Crippen molar-refractivity contribution in [3.8, 4) is 17.0 Å². The Bertz CT molecular complexity index is 1390. The van der Waals surface area contributed by atoms with Crippen LogP contribution in [0.15, 0.2) is 54.9 Å². The number of carbonyl (C=O) groups is 1. The number of nitrogens with zero attached hydrogens (tertiary/aromatic N) is 4. The van der Waals surface area contributed by atoms with Gasteiger partial charge in [0.05, 0.1) is 36.5 Å². The van der Waals surface area contributed by atoms with E-state index in [1.807, 2.05) is 25.2 Å². The summed E-state index contributed by atoms with van der Waals surface area (Å²) < 4.78 is 12.9. The van der Waals surface area contributed by atoms with Crippen LogP contribution in [0.3, 0.4) is 0 Å². The normalized spacial score (nSPS) is 11.8. The van der Waals surface area contributed by atoms with E-state index in [-0.39, 0.29) is 6.61 Å². The summed E-state index contributed by atoms with van der Waals surface area (Å²) in [6, 6.07) is 13.6. The second kappa shape index (κ2) is 10.5. The summed E-state index contributed by atoms with van der Waals surface area (Å²) in [7, 11) is 7.02. The lowest BCUT2D eigenvalue weighted by atomic mass is 10.1. The number of nitrogens with two attached hydrogens (primary N) is 1.